The van der Waals surface area contributed by atoms with Crippen molar-refractivity contribution in [3.63, 3.8) is 0 Å². The number of piperazine rings is 1. The molecule has 1 aromatic rings. The predicted octanol–water partition coefficient (Wildman–Crippen LogP) is 1.67. The van der Waals surface area contributed by atoms with Crippen LogP contribution in [-0.2, 0) is 16.1 Å². The lowest BCUT2D eigenvalue weighted by atomic mass is 9.94. The van der Waals surface area contributed by atoms with Crippen LogP contribution in [0.3, 0.4) is 0 Å². The molecule has 1 aromatic heterocycles. The Morgan fingerprint density at radius 1 is 1.36 bits per heavy atom. The minimum Gasteiger partial charge on any atom is -0.353 e. The van der Waals surface area contributed by atoms with E-state index in [-0.39, 0.29) is 29.7 Å². The highest BCUT2D eigenvalue weighted by Crippen LogP contribution is 2.20. The molecule has 0 aliphatic carbocycles. The normalized spacial score (nSPS) is 18.7. The predicted molar refractivity (Wildman–Crippen MR) is 97.8 cm³/mol. The van der Waals surface area contributed by atoms with E-state index in [0.717, 1.165) is 18.7 Å². The fourth-order valence-electron chi connectivity index (χ4n) is 3.16. The van der Waals surface area contributed by atoms with Gasteiger partial charge in [-0.15, -0.1) is 0 Å². The van der Waals surface area contributed by atoms with Gasteiger partial charge in [-0.1, -0.05) is 20.8 Å². The summed E-state index contributed by atoms with van der Waals surface area (Å²) in [7, 11) is 0. The molecule has 1 aliphatic heterocycles. The maximum Gasteiger partial charge on any atom is 0.237 e. The minimum atomic E-state index is -0.382. The molecule has 2 rings (SSSR count). The van der Waals surface area contributed by atoms with E-state index in [9.17, 15) is 9.59 Å². The van der Waals surface area contributed by atoms with Crippen LogP contribution in [-0.4, -0.2) is 58.8 Å². The Morgan fingerprint density at radius 3 is 2.64 bits per heavy atom. The van der Waals surface area contributed by atoms with E-state index < -0.39 is 0 Å². The lowest BCUT2D eigenvalue weighted by Gasteiger charge is -2.39. The zero-order valence-electron chi connectivity index (χ0n) is 15.8. The lowest BCUT2D eigenvalue weighted by molar-refractivity contribution is -0.139. The van der Waals surface area contributed by atoms with Gasteiger partial charge in [0.05, 0.1) is 12.5 Å². The van der Waals surface area contributed by atoms with Crippen LogP contribution in [0.15, 0.2) is 24.5 Å². The number of hydrogen-bond acceptors (Lipinski definition) is 4. The number of aromatic nitrogens is 1. The van der Waals surface area contributed by atoms with Gasteiger partial charge in [0, 0.05) is 45.1 Å². The molecule has 2 amide bonds. The molecule has 0 bridgehead atoms. The summed E-state index contributed by atoms with van der Waals surface area (Å²) in [5.74, 6) is -0.0240. The van der Waals surface area contributed by atoms with E-state index in [2.05, 4.69) is 36.0 Å². The zero-order chi connectivity index (χ0) is 18.4. The Hall–Kier alpha value is -1.95. The standard InChI is InChI=1S/C19H30N4O2/c1-5-22(13-15-6-8-20-9-7-15)17(24)12-16-18(25)21-10-11-23(16)14-19(2,3)4/h6-9,16H,5,10-14H2,1-4H3,(H,21,25). The van der Waals surface area contributed by atoms with Crippen LogP contribution in [0.1, 0.15) is 39.7 Å². The van der Waals surface area contributed by atoms with Crippen LogP contribution in [0, 0.1) is 5.41 Å². The lowest BCUT2D eigenvalue weighted by Crippen LogP contribution is -2.58. The molecule has 1 fully saturated rings. The van der Waals surface area contributed by atoms with Gasteiger partial charge in [-0.3, -0.25) is 19.5 Å². The Kier molecular flexibility index (Phi) is 6.53. The van der Waals surface area contributed by atoms with Gasteiger partial charge in [0.2, 0.25) is 11.8 Å². The third-order valence-corrected chi connectivity index (χ3v) is 4.34. The van der Waals surface area contributed by atoms with Crippen molar-refractivity contribution >= 4 is 11.8 Å². The summed E-state index contributed by atoms with van der Waals surface area (Å²) in [6.07, 6.45) is 3.68. The summed E-state index contributed by atoms with van der Waals surface area (Å²) in [4.78, 5) is 33.1. The van der Waals surface area contributed by atoms with Crippen LogP contribution >= 0.6 is 0 Å². The summed E-state index contributed by atoms with van der Waals surface area (Å²) in [6.45, 7) is 11.8. The van der Waals surface area contributed by atoms with Crippen molar-refractivity contribution in [1.29, 1.82) is 0 Å². The number of hydrogen-bond donors (Lipinski definition) is 1. The highest BCUT2D eigenvalue weighted by Gasteiger charge is 2.34. The highest BCUT2D eigenvalue weighted by atomic mass is 16.2. The van der Waals surface area contributed by atoms with Gasteiger partial charge in [-0.05, 0) is 30.0 Å². The topological polar surface area (TPSA) is 65.5 Å². The first-order valence-electron chi connectivity index (χ1n) is 8.98. The maximum absolute atomic E-state index is 12.8. The smallest absolute Gasteiger partial charge is 0.237 e. The summed E-state index contributed by atoms with van der Waals surface area (Å²) >= 11 is 0. The van der Waals surface area contributed by atoms with Gasteiger partial charge in [0.25, 0.3) is 0 Å². The molecule has 1 N–H and O–H groups in total. The van der Waals surface area contributed by atoms with Crippen molar-refractivity contribution in [3.05, 3.63) is 30.1 Å². The van der Waals surface area contributed by atoms with E-state index in [4.69, 9.17) is 0 Å². The van der Waals surface area contributed by atoms with E-state index in [0.29, 0.717) is 19.6 Å². The number of pyridine rings is 1. The summed E-state index contributed by atoms with van der Waals surface area (Å²) < 4.78 is 0. The van der Waals surface area contributed by atoms with Crippen molar-refractivity contribution in [2.45, 2.75) is 46.7 Å². The van der Waals surface area contributed by atoms with Gasteiger partial charge in [-0.25, -0.2) is 0 Å². The molecule has 6 heteroatoms. The summed E-state index contributed by atoms with van der Waals surface area (Å²) in [6, 6.07) is 3.44. The largest absolute Gasteiger partial charge is 0.353 e. The molecule has 0 saturated carbocycles. The van der Waals surface area contributed by atoms with Gasteiger partial charge in [-0.2, -0.15) is 0 Å². The Morgan fingerprint density at radius 2 is 2.04 bits per heavy atom. The van der Waals surface area contributed by atoms with Crippen molar-refractivity contribution in [3.8, 4) is 0 Å². The second-order valence-electron chi connectivity index (χ2n) is 7.81. The van der Waals surface area contributed by atoms with Crippen molar-refractivity contribution in [1.82, 2.24) is 20.1 Å². The molecule has 1 atom stereocenters. The molecule has 0 spiro atoms. The fourth-order valence-corrected chi connectivity index (χ4v) is 3.16. The second kappa shape index (κ2) is 8.43. The van der Waals surface area contributed by atoms with Gasteiger partial charge in [0.15, 0.2) is 0 Å². The van der Waals surface area contributed by atoms with E-state index >= 15 is 0 Å². The van der Waals surface area contributed by atoms with E-state index in [1.807, 2.05) is 19.1 Å². The van der Waals surface area contributed by atoms with Crippen LogP contribution in [0.2, 0.25) is 0 Å². The third-order valence-electron chi connectivity index (χ3n) is 4.34. The maximum atomic E-state index is 12.8. The highest BCUT2D eigenvalue weighted by molar-refractivity contribution is 5.88. The number of rotatable bonds is 6. The zero-order valence-corrected chi connectivity index (χ0v) is 15.8. The average molecular weight is 346 g/mol. The van der Waals surface area contributed by atoms with Crippen LogP contribution in [0.4, 0.5) is 0 Å². The molecule has 1 unspecified atom stereocenters. The second-order valence-corrected chi connectivity index (χ2v) is 7.81. The SMILES string of the molecule is CCN(Cc1ccncc1)C(=O)CC1C(=O)NCCN1CC(C)(C)C. The molecule has 1 saturated heterocycles. The van der Waals surface area contributed by atoms with Crippen molar-refractivity contribution in [2.24, 2.45) is 5.41 Å². The summed E-state index contributed by atoms with van der Waals surface area (Å²) in [5, 5.41) is 2.90. The molecule has 138 valence electrons. The van der Waals surface area contributed by atoms with Crippen molar-refractivity contribution < 1.29 is 9.59 Å². The van der Waals surface area contributed by atoms with Crippen LogP contribution < -0.4 is 5.32 Å². The Labute approximate surface area is 150 Å². The van der Waals surface area contributed by atoms with Crippen molar-refractivity contribution in [2.75, 3.05) is 26.2 Å². The van der Waals surface area contributed by atoms with E-state index in [1.54, 1.807) is 17.3 Å². The quantitative estimate of drug-likeness (QED) is 0.851. The average Bonchev–Trinajstić information content (AvgIpc) is 2.55. The first-order valence-corrected chi connectivity index (χ1v) is 8.98. The van der Waals surface area contributed by atoms with Crippen LogP contribution in [0.25, 0.3) is 0 Å². The number of nitrogens with one attached hydrogen (secondary N) is 1. The van der Waals surface area contributed by atoms with Gasteiger partial charge in [0.1, 0.15) is 0 Å². The molecular weight excluding hydrogens is 316 g/mol. The molecular formula is C19H30N4O2. The molecule has 0 radical (unpaired) electrons. The monoisotopic (exact) mass is 346 g/mol. The number of carbonyl (C=O) groups is 2. The number of carbonyl (C=O) groups excluding carboxylic acids is 2. The fraction of sp³-hybridized carbons (Fsp3) is 0.632. The molecule has 0 aromatic carbocycles. The molecule has 6 nitrogen and oxygen atoms in total. The number of nitrogens with zero attached hydrogens (tertiary/aromatic N) is 3. The summed E-state index contributed by atoms with van der Waals surface area (Å²) in [5.41, 5.74) is 1.13. The Balaban J connectivity index is 2.05. The first kappa shape index (κ1) is 19.4. The molecule has 1 aliphatic rings. The van der Waals surface area contributed by atoms with Crippen LogP contribution in [0.5, 0.6) is 0 Å². The molecule has 25 heavy (non-hydrogen) atoms. The minimum absolute atomic E-state index is 0.0141. The number of amides is 2. The first-order chi connectivity index (χ1) is 11.8. The van der Waals surface area contributed by atoms with E-state index in [1.165, 1.54) is 0 Å². The van der Waals surface area contributed by atoms with Gasteiger partial charge < -0.3 is 10.2 Å². The Bertz CT molecular complexity index is 583. The third kappa shape index (κ3) is 5.81. The molecule has 2 heterocycles. The van der Waals surface area contributed by atoms with Gasteiger partial charge >= 0.3 is 0 Å².